The van der Waals surface area contributed by atoms with E-state index in [1.54, 1.807) is 50.2 Å². The number of carbonyl (C=O) groups excluding carboxylic acids is 2. The molecule has 0 spiro atoms. The standard InChI is InChI=1S/C18H17Cl2NO4/c1-18(2,25-12-9-7-11(19)8-10-12)17(23)21-15-13(16(22)24-3)5-4-6-14(15)20/h4-10H,1-3H3,(H,21,23). The molecule has 0 atom stereocenters. The Balaban J connectivity index is 2.23. The number of methoxy groups -OCH3 is 1. The number of esters is 1. The number of rotatable bonds is 5. The van der Waals surface area contributed by atoms with Crippen LogP contribution in [0.15, 0.2) is 42.5 Å². The number of nitrogens with one attached hydrogen (secondary N) is 1. The molecule has 7 heteroatoms. The van der Waals surface area contributed by atoms with Gasteiger partial charge in [-0.3, -0.25) is 4.79 Å². The van der Waals surface area contributed by atoms with Crippen LogP contribution in [0.1, 0.15) is 24.2 Å². The summed E-state index contributed by atoms with van der Waals surface area (Å²) >= 11 is 12.0. The summed E-state index contributed by atoms with van der Waals surface area (Å²) in [7, 11) is 1.25. The van der Waals surface area contributed by atoms with Gasteiger partial charge in [-0.15, -0.1) is 0 Å². The van der Waals surface area contributed by atoms with Gasteiger partial charge < -0.3 is 14.8 Å². The lowest BCUT2D eigenvalue weighted by molar-refractivity contribution is -0.128. The van der Waals surface area contributed by atoms with E-state index in [0.29, 0.717) is 10.8 Å². The van der Waals surface area contributed by atoms with Crippen molar-refractivity contribution in [2.75, 3.05) is 12.4 Å². The lowest BCUT2D eigenvalue weighted by Crippen LogP contribution is -2.42. The highest BCUT2D eigenvalue weighted by atomic mass is 35.5. The molecule has 0 aromatic heterocycles. The molecule has 1 N–H and O–H groups in total. The van der Waals surface area contributed by atoms with Crippen LogP contribution in [-0.4, -0.2) is 24.6 Å². The molecule has 25 heavy (non-hydrogen) atoms. The maximum atomic E-state index is 12.6. The molecule has 0 aliphatic rings. The van der Waals surface area contributed by atoms with Crippen LogP contribution < -0.4 is 10.1 Å². The Morgan fingerprint density at radius 2 is 1.68 bits per heavy atom. The number of hydrogen-bond donors (Lipinski definition) is 1. The maximum absolute atomic E-state index is 12.6. The topological polar surface area (TPSA) is 64.6 Å². The van der Waals surface area contributed by atoms with Gasteiger partial charge in [-0.1, -0.05) is 29.3 Å². The Bertz CT molecular complexity index is 788. The number of amides is 1. The van der Waals surface area contributed by atoms with Crippen LogP contribution in [0.2, 0.25) is 10.0 Å². The molecule has 1 amide bonds. The molecule has 0 aliphatic heterocycles. The summed E-state index contributed by atoms with van der Waals surface area (Å²) in [4.78, 5) is 24.5. The van der Waals surface area contributed by atoms with E-state index in [9.17, 15) is 9.59 Å². The predicted molar refractivity (Wildman–Crippen MR) is 97.6 cm³/mol. The van der Waals surface area contributed by atoms with Crippen molar-refractivity contribution in [1.29, 1.82) is 0 Å². The summed E-state index contributed by atoms with van der Waals surface area (Å²) in [5.74, 6) is -0.591. The van der Waals surface area contributed by atoms with Crippen LogP contribution in [0.3, 0.4) is 0 Å². The largest absolute Gasteiger partial charge is 0.478 e. The average molecular weight is 382 g/mol. The summed E-state index contributed by atoms with van der Waals surface area (Å²) < 4.78 is 10.4. The van der Waals surface area contributed by atoms with E-state index in [-0.39, 0.29) is 16.3 Å². The number of halogens is 2. The summed E-state index contributed by atoms with van der Waals surface area (Å²) in [5.41, 5.74) is -0.889. The highest BCUT2D eigenvalue weighted by Crippen LogP contribution is 2.28. The zero-order valence-electron chi connectivity index (χ0n) is 13.9. The van der Waals surface area contributed by atoms with E-state index in [4.69, 9.17) is 32.7 Å². The van der Waals surface area contributed by atoms with Gasteiger partial charge in [-0.05, 0) is 50.2 Å². The summed E-state index contributed by atoms with van der Waals surface area (Å²) in [6.07, 6.45) is 0. The number of carbonyl (C=O) groups is 2. The van der Waals surface area contributed by atoms with Crippen LogP contribution in [0.25, 0.3) is 0 Å². The van der Waals surface area contributed by atoms with Crippen molar-refractivity contribution < 1.29 is 19.1 Å². The number of para-hydroxylation sites is 1. The van der Waals surface area contributed by atoms with Gasteiger partial charge in [-0.2, -0.15) is 0 Å². The monoisotopic (exact) mass is 381 g/mol. The van der Waals surface area contributed by atoms with Crippen LogP contribution in [0, 0.1) is 0 Å². The molecule has 0 unspecified atom stereocenters. The summed E-state index contributed by atoms with van der Waals surface area (Å²) in [6.45, 7) is 3.21. The lowest BCUT2D eigenvalue weighted by atomic mass is 10.1. The summed E-state index contributed by atoms with van der Waals surface area (Å²) in [6, 6.07) is 11.3. The Kier molecular flexibility index (Phi) is 5.93. The third kappa shape index (κ3) is 4.65. The van der Waals surface area contributed by atoms with Gasteiger partial charge in [-0.25, -0.2) is 4.79 Å². The van der Waals surface area contributed by atoms with Crippen LogP contribution in [0.5, 0.6) is 5.75 Å². The fourth-order valence-electron chi connectivity index (χ4n) is 2.04. The van der Waals surface area contributed by atoms with Crippen molar-refractivity contribution in [3.63, 3.8) is 0 Å². The van der Waals surface area contributed by atoms with Gasteiger partial charge in [0.05, 0.1) is 23.4 Å². The molecule has 0 saturated carbocycles. The minimum Gasteiger partial charge on any atom is -0.478 e. The number of benzene rings is 2. The average Bonchev–Trinajstić information content (AvgIpc) is 2.57. The third-order valence-corrected chi connectivity index (χ3v) is 3.96. The first-order valence-corrected chi connectivity index (χ1v) is 8.13. The molecular weight excluding hydrogens is 365 g/mol. The van der Waals surface area contributed by atoms with E-state index in [1.807, 2.05) is 0 Å². The van der Waals surface area contributed by atoms with Crippen molar-refractivity contribution in [1.82, 2.24) is 0 Å². The quantitative estimate of drug-likeness (QED) is 0.769. The van der Waals surface area contributed by atoms with Crippen LogP contribution >= 0.6 is 23.2 Å². The maximum Gasteiger partial charge on any atom is 0.340 e. The predicted octanol–water partition coefficient (Wildman–Crippen LogP) is 4.58. The molecule has 0 saturated heterocycles. The number of hydrogen-bond acceptors (Lipinski definition) is 4. The van der Waals surface area contributed by atoms with Gasteiger partial charge in [0.15, 0.2) is 5.60 Å². The Morgan fingerprint density at radius 3 is 2.28 bits per heavy atom. The fourth-order valence-corrected chi connectivity index (χ4v) is 2.39. The van der Waals surface area contributed by atoms with E-state index in [0.717, 1.165) is 0 Å². The minimum atomic E-state index is -1.22. The van der Waals surface area contributed by atoms with Gasteiger partial charge in [0.1, 0.15) is 5.75 Å². The van der Waals surface area contributed by atoms with Crippen molar-refractivity contribution >= 4 is 40.8 Å². The van der Waals surface area contributed by atoms with Crippen molar-refractivity contribution in [3.8, 4) is 5.75 Å². The van der Waals surface area contributed by atoms with E-state index >= 15 is 0 Å². The Hall–Kier alpha value is -2.24. The van der Waals surface area contributed by atoms with Gasteiger partial charge in [0, 0.05) is 5.02 Å². The van der Waals surface area contributed by atoms with Crippen molar-refractivity contribution in [2.45, 2.75) is 19.4 Å². The van der Waals surface area contributed by atoms with E-state index < -0.39 is 17.5 Å². The zero-order valence-corrected chi connectivity index (χ0v) is 15.4. The molecule has 5 nitrogen and oxygen atoms in total. The summed E-state index contributed by atoms with van der Waals surface area (Å²) in [5, 5.41) is 3.43. The highest BCUT2D eigenvalue weighted by Gasteiger charge is 2.31. The molecule has 0 bridgehead atoms. The highest BCUT2D eigenvalue weighted by molar-refractivity contribution is 6.34. The zero-order chi connectivity index (χ0) is 18.6. The third-order valence-electron chi connectivity index (χ3n) is 3.39. The number of ether oxygens (including phenoxy) is 2. The fraction of sp³-hybridized carbons (Fsp3) is 0.222. The molecule has 2 aromatic carbocycles. The second-order valence-electron chi connectivity index (χ2n) is 5.67. The van der Waals surface area contributed by atoms with Gasteiger partial charge in [0.2, 0.25) is 0 Å². The van der Waals surface area contributed by atoms with E-state index in [2.05, 4.69) is 5.32 Å². The first-order chi connectivity index (χ1) is 11.7. The van der Waals surface area contributed by atoms with Crippen LogP contribution in [0.4, 0.5) is 5.69 Å². The molecule has 0 aliphatic carbocycles. The molecule has 132 valence electrons. The molecule has 0 fully saturated rings. The van der Waals surface area contributed by atoms with Crippen molar-refractivity contribution in [2.24, 2.45) is 0 Å². The molecule has 2 aromatic rings. The first kappa shape index (κ1) is 19.1. The van der Waals surface area contributed by atoms with Crippen molar-refractivity contribution in [3.05, 3.63) is 58.1 Å². The Labute approximate surface area is 155 Å². The van der Waals surface area contributed by atoms with Crippen LogP contribution in [-0.2, 0) is 9.53 Å². The second-order valence-corrected chi connectivity index (χ2v) is 6.52. The lowest BCUT2D eigenvalue weighted by Gasteiger charge is -2.26. The molecule has 2 rings (SSSR count). The van der Waals surface area contributed by atoms with Gasteiger partial charge in [0.25, 0.3) is 5.91 Å². The minimum absolute atomic E-state index is 0.158. The molecule has 0 heterocycles. The first-order valence-electron chi connectivity index (χ1n) is 7.37. The van der Waals surface area contributed by atoms with Gasteiger partial charge >= 0.3 is 5.97 Å². The Morgan fingerprint density at radius 1 is 1.04 bits per heavy atom. The normalized spacial score (nSPS) is 10.9. The smallest absolute Gasteiger partial charge is 0.340 e. The molecular formula is C18H17Cl2NO4. The second kappa shape index (κ2) is 7.76. The van der Waals surface area contributed by atoms with E-state index in [1.165, 1.54) is 13.2 Å². The SMILES string of the molecule is COC(=O)c1cccc(Cl)c1NC(=O)C(C)(C)Oc1ccc(Cl)cc1. The molecule has 0 radical (unpaired) electrons. The number of anilines is 1.